The summed E-state index contributed by atoms with van der Waals surface area (Å²) in [4.78, 5) is 0.0168. The van der Waals surface area contributed by atoms with Crippen molar-refractivity contribution in [3.63, 3.8) is 0 Å². The number of aryl methyl sites for hydroxylation is 1. The van der Waals surface area contributed by atoms with E-state index in [4.69, 9.17) is 0 Å². The van der Waals surface area contributed by atoms with Gasteiger partial charge in [-0.1, -0.05) is 30.3 Å². The van der Waals surface area contributed by atoms with E-state index in [1.807, 2.05) is 25.1 Å². The first-order valence-corrected chi connectivity index (χ1v) is 6.31. The smallest absolute Gasteiger partial charge is 0.282 e. The maximum Gasteiger partial charge on any atom is 0.295 e. The van der Waals surface area contributed by atoms with E-state index in [1.54, 1.807) is 19.1 Å². The zero-order valence-electron chi connectivity index (χ0n) is 9.47. The summed E-state index contributed by atoms with van der Waals surface area (Å²) in [6.07, 6.45) is 0. The molecule has 0 aromatic heterocycles. The second kappa shape index (κ2) is 4.64. The van der Waals surface area contributed by atoms with Gasteiger partial charge in [-0.2, -0.15) is 8.42 Å². The molecule has 0 aliphatic rings. The lowest BCUT2D eigenvalue weighted by atomic mass is 10.0. The number of hydrogen-bond acceptors (Lipinski definition) is 2. The molecule has 0 radical (unpaired) electrons. The van der Waals surface area contributed by atoms with E-state index in [1.165, 1.54) is 0 Å². The summed E-state index contributed by atoms with van der Waals surface area (Å²) >= 11 is 0. The summed E-state index contributed by atoms with van der Waals surface area (Å²) in [7, 11) is -4.18. The van der Waals surface area contributed by atoms with Crippen molar-refractivity contribution >= 4 is 33.3 Å². The van der Waals surface area contributed by atoms with E-state index in [2.05, 4.69) is 0 Å². The molecule has 5 heteroatoms. The van der Waals surface area contributed by atoms with Gasteiger partial charge < -0.3 is 0 Å². The van der Waals surface area contributed by atoms with Gasteiger partial charge in [0.1, 0.15) is 4.90 Å². The predicted octanol–water partition coefficient (Wildman–Crippen LogP) is 3.13. The molecule has 0 saturated heterocycles. The number of rotatable bonds is 1. The molecule has 1 N–H and O–H groups in total. The molecule has 2 aromatic carbocycles. The van der Waals surface area contributed by atoms with Gasteiger partial charge in [0.25, 0.3) is 10.1 Å². The average Bonchev–Trinajstić information content (AvgIpc) is 2.17. The van der Waals surface area contributed by atoms with Crippen molar-refractivity contribution in [2.75, 3.05) is 0 Å². The average molecular weight is 273 g/mol. The van der Waals surface area contributed by atoms with Crippen LogP contribution in [-0.2, 0) is 10.1 Å². The standard InChI is InChI=1S/C12H12O3S.ClH/c1-8-7-10-5-3-4-6-11(10)12(9(8)2)16(13,14)15;/h3-7H,1-2H3,(H,13,14,15);1H. The van der Waals surface area contributed by atoms with Crippen LogP contribution in [-0.4, -0.2) is 13.0 Å². The van der Waals surface area contributed by atoms with Crippen molar-refractivity contribution in [1.82, 2.24) is 0 Å². The van der Waals surface area contributed by atoms with Gasteiger partial charge in [0, 0.05) is 5.39 Å². The Hall–Kier alpha value is -1.10. The number of hydrogen-bond donors (Lipinski definition) is 1. The first-order valence-electron chi connectivity index (χ1n) is 4.87. The first kappa shape index (κ1) is 14.0. The van der Waals surface area contributed by atoms with Gasteiger partial charge in [-0.25, -0.2) is 0 Å². The molecule has 2 rings (SSSR count). The highest BCUT2D eigenvalue weighted by atomic mass is 35.5. The Bertz CT molecular complexity index is 663. The third-order valence-electron chi connectivity index (χ3n) is 2.77. The van der Waals surface area contributed by atoms with Crippen LogP contribution in [0.5, 0.6) is 0 Å². The highest BCUT2D eigenvalue weighted by molar-refractivity contribution is 7.86. The van der Waals surface area contributed by atoms with Crippen LogP contribution in [0, 0.1) is 13.8 Å². The van der Waals surface area contributed by atoms with Gasteiger partial charge in [0.2, 0.25) is 0 Å². The third kappa shape index (κ3) is 2.44. The molecule has 0 bridgehead atoms. The molecule has 0 aliphatic heterocycles. The van der Waals surface area contributed by atoms with Crippen LogP contribution in [0.3, 0.4) is 0 Å². The zero-order chi connectivity index (χ0) is 11.9. The molecular formula is C12H13ClO3S. The van der Waals surface area contributed by atoms with Gasteiger partial charge in [0.15, 0.2) is 0 Å². The Balaban J connectivity index is 0.00000144. The zero-order valence-corrected chi connectivity index (χ0v) is 11.1. The molecule has 0 fully saturated rings. The van der Waals surface area contributed by atoms with Crippen LogP contribution in [0.15, 0.2) is 35.2 Å². The Morgan fingerprint density at radius 2 is 1.71 bits per heavy atom. The second-order valence-corrected chi connectivity index (χ2v) is 5.20. The lowest BCUT2D eigenvalue weighted by molar-refractivity contribution is 0.483. The summed E-state index contributed by atoms with van der Waals surface area (Å²) in [6.45, 7) is 3.53. The van der Waals surface area contributed by atoms with Crippen LogP contribution in [0.4, 0.5) is 0 Å². The number of benzene rings is 2. The molecule has 0 spiro atoms. The van der Waals surface area contributed by atoms with Crippen molar-refractivity contribution in [1.29, 1.82) is 0 Å². The predicted molar refractivity (Wildman–Crippen MR) is 70.5 cm³/mol. The fourth-order valence-electron chi connectivity index (χ4n) is 1.88. The van der Waals surface area contributed by atoms with Crippen LogP contribution in [0.1, 0.15) is 11.1 Å². The summed E-state index contributed by atoms with van der Waals surface area (Å²) in [5, 5.41) is 1.38. The molecule has 3 nitrogen and oxygen atoms in total. The molecule has 0 amide bonds. The van der Waals surface area contributed by atoms with Gasteiger partial charge in [0.05, 0.1) is 0 Å². The normalized spacial score (nSPS) is 11.2. The minimum Gasteiger partial charge on any atom is -0.282 e. The molecule has 17 heavy (non-hydrogen) atoms. The van der Waals surface area contributed by atoms with Crippen LogP contribution >= 0.6 is 12.4 Å². The Kier molecular flexibility index (Phi) is 3.81. The maximum absolute atomic E-state index is 11.4. The van der Waals surface area contributed by atoms with Crippen LogP contribution in [0.25, 0.3) is 10.8 Å². The lowest BCUT2D eigenvalue weighted by Gasteiger charge is -2.10. The monoisotopic (exact) mass is 272 g/mol. The van der Waals surface area contributed by atoms with Gasteiger partial charge >= 0.3 is 0 Å². The first-order chi connectivity index (χ1) is 7.41. The number of fused-ring (bicyclic) bond motifs is 1. The summed E-state index contributed by atoms with van der Waals surface area (Å²) in [6, 6.07) is 9.04. The van der Waals surface area contributed by atoms with E-state index >= 15 is 0 Å². The summed E-state index contributed by atoms with van der Waals surface area (Å²) in [5.74, 6) is 0. The van der Waals surface area contributed by atoms with Gasteiger partial charge in [-0.15, -0.1) is 12.4 Å². The fourth-order valence-corrected chi connectivity index (χ4v) is 2.90. The molecular weight excluding hydrogens is 260 g/mol. The summed E-state index contributed by atoms with van der Waals surface area (Å²) < 4.78 is 32.0. The fraction of sp³-hybridized carbons (Fsp3) is 0.167. The third-order valence-corrected chi connectivity index (χ3v) is 3.81. The molecule has 0 unspecified atom stereocenters. The van der Waals surface area contributed by atoms with Crippen LogP contribution in [0.2, 0.25) is 0 Å². The van der Waals surface area contributed by atoms with Crippen molar-refractivity contribution in [3.8, 4) is 0 Å². The Morgan fingerprint density at radius 3 is 2.29 bits per heavy atom. The molecule has 2 aromatic rings. The Labute approximate surface area is 107 Å². The molecule has 0 aliphatic carbocycles. The van der Waals surface area contributed by atoms with Gasteiger partial charge in [-0.3, -0.25) is 4.55 Å². The van der Waals surface area contributed by atoms with E-state index in [0.717, 1.165) is 10.9 Å². The van der Waals surface area contributed by atoms with Crippen LogP contribution < -0.4 is 0 Å². The largest absolute Gasteiger partial charge is 0.295 e. The minimum absolute atomic E-state index is 0. The molecule has 0 saturated carbocycles. The maximum atomic E-state index is 11.4. The van der Waals surface area contributed by atoms with Crippen molar-refractivity contribution in [2.45, 2.75) is 18.7 Å². The topological polar surface area (TPSA) is 54.4 Å². The molecule has 92 valence electrons. The highest BCUT2D eigenvalue weighted by Crippen LogP contribution is 2.28. The SMILES string of the molecule is Cc1cc2ccccc2c(S(=O)(=O)O)c1C.Cl. The molecule has 0 heterocycles. The number of halogens is 1. The molecule has 0 atom stereocenters. The van der Waals surface area contributed by atoms with E-state index in [9.17, 15) is 13.0 Å². The van der Waals surface area contributed by atoms with E-state index in [0.29, 0.717) is 10.9 Å². The highest BCUT2D eigenvalue weighted by Gasteiger charge is 2.18. The van der Waals surface area contributed by atoms with Gasteiger partial charge in [-0.05, 0) is 30.4 Å². The lowest BCUT2D eigenvalue weighted by Crippen LogP contribution is -2.03. The van der Waals surface area contributed by atoms with Crippen molar-refractivity contribution < 1.29 is 13.0 Å². The van der Waals surface area contributed by atoms with E-state index < -0.39 is 10.1 Å². The van der Waals surface area contributed by atoms with Crippen molar-refractivity contribution in [2.24, 2.45) is 0 Å². The summed E-state index contributed by atoms with van der Waals surface area (Å²) in [5.41, 5.74) is 1.45. The second-order valence-electron chi connectivity index (χ2n) is 3.84. The van der Waals surface area contributed by atoms with Crippen molar-refractivity contribution in [3.05, 3.63) is 41.5 Å². The van der Waals surface area contributed by atoms with E-state index in [-0.39, 0.29) is 17.3 Å². The minimum atomic E-state index is -4.18. The Morgan fingerprint density at radius 1 is 1.12 bits per heavy atom. The quantitative estimate of drug-likeness (QED) is 0.812.